The molecule has 166 valence electrons. The number of rotatable bonds is 4. The number of hydrogen-bond acceptors (Lipinski definition) is 6. The molecule has 4 rings (SSSR count). The Morgan fingerprint density at radius 1 is 1.19 bits per heavy atom. The quantitative estimate of drug-likeness (QED) is 0.585. The van der Waals surface area contributed by atoms with Crippen molar-refractivity contribution in [3.8, 4) is 11.1 Å². The Morgan fingerprint density at radius 3 is 2.44 bits per heavy atom. The van der Waals surface area contributed by atoms with E-state index in [4.69, 9.17) is 17.3 Å². The summed E-state index contributed by atoms with van der Waals surface area (Å²) in [6, 6.07) is 5.32. The number of halogens is 1. The van der Waals surface area contributed by atoms with Gasteiger partial charge in [0.15, 0.2) is 0 Å². The Labute approximate surface area is 190 Å². The molecule has 3 aromatic rings. The third kappa shape index (κ3) is 5.92. The van der Waals surface area contributed by atoms with Gasteiger partial charge in [0, 0.05) is 48.7 Å². The number of hydrogen-bond donors (Lipinski definition) is 2. The highest BCUT2D eigenvalue weighted by Crippen LogP contribution is 2.30. The average molecular weight is 454 g/mol. The number of amides is 2. The number of aryl methyl sites for hydroxylation is 1. The minimum atomic E-state index is -0.293. The van der Waals surface area contributed by atoms with Crippen LogP contribution in [0.25, 0.3) is 11.1 Å². The summed E-state index contributed by atoms with van der Waals surface area (Å²) in [6.07, 6.45) is 9.78. The molecule has 9 nitrogen and oxygen atoms in total. The lowest BCUT2D eigenvalue weighted by atomic mass is 10.0. The summed E-state index contributed by atoms with van der Waals surface area (Å²) in [5.74, 6) is -0.0209. The van der Waals surface area contributed by atoms with Crippen molar-refractivity contribution >= 4 is 35.1 Å². The molecule has 1 aliphatic heterocycles. The van der Waals surface area contributed by atoms with Crippen LogP contribution in [0.1, 0.15) is 23.2 Å². The van der Waals surface area contributed by atoms with Crippen LogP contribution in [-0.4, -0.2) is 49.6 Å². The Bertz CT molecular complexity index is 1080. The van der Waals surface area contributed by atoms with Gasteiger partial charge in [-0.15, -0.1) is 0 Å². The normalized spacial score (nSPS) is 12.6. The molecule has 3 N–H and O–H groups in total. The minimum absolute atomic E-state index is 0.0271. The second-order valence-electron chi connectivity index (χ2n) is 7.12. The van der Waals surface area contributed by atoms with Gasteiger partial charge in [-0.05, 0) is 37.1 Å². The van der Waals surface area contributed by atoms with E-state index in [1.807, 2.05) is 24.2 Å². The number of likely N-dealkylation sites (tertiary alicyclic amines) is 1. The highest BCUT2D eigenvalue weighted by atomic mass is 35.5. The molecule has 2 aromatic heterocycles. The first-order valence-electron chi connectivity index (χ1n) is 9.96. The molecule has 0 aliphatic carbocycles. The molecule has 0 spiro atoms. The molecular weight excluding hydrogens is 430 g/mol. The summed E-state index contributed by atoms with van der Waals surface area (Å²) in [6.45, 7) is 5.08. The number of benzene rings is 1. The fraction of sp³-hybridized carbons (Fsp3) is 0.227. The molecule has 0 atom stereocenters. The van der Waals surface area contributed by atoms with Gasteiger partial charge in [-0.1, -0.05) is 18.2 Å². The zero-order valence-electron chi connectivity index (χ0n) is 17.7. The summed E-state index contributed by atoms with van der Waals surface area (Å²) in [5, 5.41) is 7.46. The highest BCUT2D eigenvalue weighted by Gasteiger charge is 2.21. The predicted octanol–water partition coefficient (Wildman–Crippen LogP) is 3.16. The van der Waals surface area contributed by atoms with Crippen LogP contribution >= 0.6 is 11.6 Å². The first-order chi connectivity index (χ1) is 15.4. The summed E-state index contributed by atoms with van der Waals surface area (Å²) in [7, 11) is 1.82. The topological polar surface area (TPSA) is 119 Å². The zero-order chi connectivity index (χ0) is 23.1. The monoisotopic (exact) mass is 453 g/mol. The number of nitrogen functional groups attached to an aromatic ring is 1. The van der Waals surface area contributed by atoms with Crippen molar-refractivity contribution in [1.82, 2.24) is 24.6 Å². The number of nitrogens with one attached hydrogen (secondary N) is 1. The smallest absolute Gasteiger partial charge is 0.253 e. The Balaban J connectivity index is 0.000000305. The van der Waals surface area contributed by atoms with Gasteiger partial charge < -0.3 is 16.0 Å². The van der Waals surface area contributed by atoms with E-state index >= 15 is 0 Å². The highest BCUT2D eigenvalue weighted by molar-refractivity contribution is 6.30. The van der Waals surface area contributed by atoms with Crippen LogP contribution in [0.2, 0.25) is 5.02 Å². The molecule has 0 unspecified atom stereocenters. The van der Waals surface area contributed by atoms with Gasteiger partial charge >= 0.3 is 0 Å². The molecule has 0 saturated carbocycles. The molecular formula is C22H24ClN7O2. The van der Waals surface area contributed by atoms with Gasteiger partial charge in [-0.25, -0.2) is 9.97 Å². The first kappa shape index (κ1) is 23.0. The van der Waals surface area contributed by atoms with Gasteiger partial charge in [-0.3, -0.25) is 14.3 Å². The maximum atomic E-state index is 12.6. The number of nitrogens with two attached hydrogens (primary N) is 1. The molecule has 0 radical (unpaired) electrons. The minimum Gasteiger partial charge on any atom is -0.368 e. The average Bonchev–Trinajstić information content (AvgIpc) is 3.48. The van der Waals surface area contributed by atoms with E-state index in [1.165, 1.54) is 18.5 Å². The molecule has 1 aliphatic rings. The summed E-state index contributed by atoms with van der Waals surface area (Å²) in [5.41, 5.74) is 8.00. The standard InChI is InChI=1S/C18H20N4O2.C4H4ClN3/c1-3-17(23)20-16-7-6-13(18(24)22-8-4-5-9-22)10-15(16)14-11-19-21(2)12-14;5-3-1-7-4(6)8-2-3/h3,6-7,10-12H,1,4-5,8-9H2,2H3,(H,20,23);1-2H,(H2,6,7,8). The largest absolute Gasteiger partial charge is 0.368 e. The maximum absolute atomic E-state index is 12.6. The van der Waals surface area contributed by atoms with Crippen molar-refractivity contribution < 1.29 is 9.59 Å². The SMILES string of the molecule is C=CC(=O)Nc1ccc(C(=O)N2CCCC2)cc1-c1cnn(C)c1.Nc1ncc(Cl)cn1. The lowest BCUT2D eigenvalue weighted by Gasteiger charge is -2.17. The van der Waals surface area contributed by atoms with Gasteiger partial charge in [0.2, 0.25) is 11.9 Å². The van der Waals surface area contributed by atoms with Crippen LogP contribution in [0.4, 0.5) is 11.6 Å². The van der Waals surface area contributed by atoms with E-state index in [9.17, 15) is 9.59 Å². The number of nitrogens with zero attached hydrogens (tertiary/aromatic N) is 5. The van der Waals surface area contributed by atoms with Crippen LogP contribution in [-0.2, 0) is 11.8 Å². The molecule has 0 bridgehead atoms. The predicted molar refractivity (Wildman–Crippen MR) is 124 cm³/mol. The second kappa shape index (κ2) is 10.5. The third-order valence-electron chi connectivity index (χ3n) is 4.76. The lowest BCUT2D eigenvalue weighted by molar-refractivity contribution is -0.111. The molecule has 3 heterocycles. The Hall–Kier alpha value is -3.72. The van der Waals surface area contributed by atoms with Crippen molar-refractivity contribution in [3.63, 3.8) is 0 Å². The molecule has 10 heteroatoms. The fourth-order valence-corrected chi connectivity index (χ4v) is 3.29. The maximum Gasteiger partial charge on any atom is 0.253 e. The summed E-state index contributed by atoms with van der Waals surface area (Å²) in [4.78, 5) is 33.4. The molecule has 1 aromatic carbocycles. The molecule has 2 amide bonds. The molecule has 1 saturated heterocycles. The van der Waals surface area contributed by atoms with Crippen molar-refractivity contribution in [2.45, 2.75) is 12.8 Å². The van der Waals surface area contributed by atoms with Gasteiger partial charge in [0.1, 0.15) is 0 Å². The number of carbonyl (C=O) groups is 2. The van der Waals surface area contributed by atoms with E-state index in [1.54, 1.807) is 23.0 Å². The van der Waals surface area contributed by atoms with Crippen molar-refractivity contribution in [3.05, 3.63) is 66.2 Å². The van der Waals surface area contributed by atoms with Crippen LogP contribution in [0.3, 0.4) is 0 Å². The van der Waals surface area contributed by atoms with Crippen LogP contribution in [0.5, 0.6) is 0 Å². The van der Waals surface area contributed by atoms with E-state index in [2.05, 4.69) is 27.0 Å². The Morgan fingerprint density at radius 2 is 1.88 bits per heavy atom. The van der Waals surface area contributed by atoms with E-state index in [-0.39, 0.29) is 17.8 Å². The van der Waals surface area contributed by atoms with Crippen molar-refractivity contribution in [2.24, 2.45) is 7.05 Å². The van der Waals surface area contributed by atoms with Crippen molar-refractivity contribution in [2.75, 3.05) is 24.1 Å². The molecule has 32 heavy (non-hydrogen) atoms. The summed E-state index contributed by atoms with van der Waals surface area (Å²) < 4.78 is 1.68. The van der Waals surface area contributed by atoms with Crippen LogP contribution in [0.15, 0.2) is 55.6 Å². The van der Waals surface area contributed by atoms with E-state index in [0.717, 1.165) is 37.1 Å². The third-order valence-corrected chi connectivity index (χ3v) is 4.95. The van der Waals surface area contributed by atoms with Gasteiger partial charge in [0.05, 0.1) is 23.6 Å². The Kier molecular flexibility index (Phi) is 7.56. The van der Waals surface area contributed by atoms with E-state index in [0.29, 0.717) is 16.3 Å². The van der Waals surface area contributed by atoms with Crippen LogP contribution < -0.4 is 11.1 Å². The number of anilines is 2. The van der Waals surface area contributed by atoms with Gasteiger partial charge in [-0.2, -0.15) is 5.10 Å². The van der Waals surface area contributed by atoms with Gasteiger partial charge in [0.25, 0.3) is 5.91 Å². The first-order valence-corrected chi connectivity index (χ1v) is 10.3. The van der Waals surface area contributed by atoms with E-state index < -0.39 is 0 Å². The molecule has 1 fully saturated rings. The summed E-state index contributed by atoms with van der Waals surface area (Å²) >= 11 is 5.43. The lowest BCUT2D eigenvalue weighted by Crippen LogP contribution is -2.27. The number of aromatic nitrogens is 4. The fourth-order valence-electron chi connectivity index (χ4n) is 3.19. The second-order valence-corrected chi connectivity index (χ2v) is 7.55. The van der Waals surface area contributed by atoms with Crippen LogP contribution in [0, 0.1) is 0 Å². The number of carbonyl (C=O) groups excluding carboxylic acids is 2. The zero-order valence-corrected chi connectivity index (χ0v) is 18.4. The van der Waals surface area contributed by atoms with Crippen molar-refractivity contribution in [1.29, 1.82) is 0 Å².